The van der Waals surface area contributed by atoms with Crippen molar-refractivity contribution in [2.75, 3.05) is 0 Å². The second-order valence-electron chi connectivity index (χ2n) is 5.05. The van der Waals surface area contributed by atoms with E-state index in [1.54, 1.807) is 13.0 Å². The zero-order valence-electron chi connectivity index (χ0n) is 10.3. The highest BCUT2D eigenvalue weighted by molar-refractivity contribution is 5.95. The Bertz CT molecular complexity index is 516. The zero-order chi connectivity index (χ0) is 12.5. The average Bonchev–Trinajstić information content (AvgIpc) is 3.04. The van der Waals surface area contributed by atoms with Crippen LogP contribution >= 0.6 is 0 Å². The van der Waals surface area contributed by atoms with Gasteiger partial charge in [-0.2, -0.15) is 5.10 Å². The lowest BCUT2D eigenvalue weighted by Gasteiger charge is -2.11. The highest BCUT2D eigenvalue weighted by Crippen LogP contribution is 2.42. The highest BCUT2D eigenvalue weighted by Gasteiger charge is 2.34. The molecule has 4 heteroatoms. The minimum absolute atomic E-state index is 0.212. The minimum Gasteiger partial charge on any atom is -0.469 e. The van der Waals surface area contributed by atoms with Crippen LogP contribution in [0.3, 0.4) is 0 Å². The number of fused-ring (bicyclic) bond motifs is 2. The maximum Gasteiger partial charge on any atom is 0.274 e. The van der Waals surface area contributed by atoms with Gasteiger partial charge in [0.25, 0.3) is 5.91 Å². The van der Waals surface area contributed by atoms with Gasteiger partial charge in [-0.25, -0.2) is 5.43 Å². The Kier molecular flexibility index (Phi) is 2.78. The molecule has 2 bridgehead atoms. The molecule has 1 heterocycles. The molecule has 0 radical (unpaired) electrons. The van der Waals surface area contributed by atoms with Crippen LogP contribution in [0.15, 0.2) is 34.0 Å². The second-order valence-corrected chi connectivity index (χ2v) is 5.05. The van der Waals surface area contributed by atoms with Gasteiger partial charge in [0, 0.05) is 12.1 Å². The molecule has 1 fully saturated rings. The molecule has 4 nitrogen and oxygen atoms in total. The molecule has 1 aromatic heterocycles. The summed E-state index contributed by atoms with van der Waals surface area (Å²) in [5, 5.41) is 4.07. The summed E-state index contributed by atoms with van der Waals surface area (Å²) >= 11 is 0. The molecule has 1 aromatic rings. The molecule has 0 aliphatic heterocycles. The molecule has 0 aromatic carbocycles. The van der Waals surface area contributed by atoms with Gasteiger partial charge >= 0.3 is 0 Å². The molecule has 94 valence electrons. The van der Waals surface area contributed by atoms with E-state index in [1.807, 2.05) is 6.21 Å². The number of hydrogen-bond acceptors (Lipinski definition) is 3. The van der Waals surface area contributed by atoms with Gasteiger partial charge in [-0.3, -0.25) is 4.79 Å². The van der Waals surface area contributed by atoms with E-state index in [9.17, 15) is 4.79 Å². The monoisotopic (exact) mass is 244 g/mol. The summed E-state index contributed by atoms with van der Waals surface area (Å²) in [4.78, 5) is 11.8. The van der Waals surface area contributed by atoms with Gasteiger partial charge in [-0.1, -0.05) is 12.2 Å². The van der Waals surface area contributed by atoms with E-state index < -0.39 is 0 Å². The molecule has 2 aliphatic rings. The molecule has 0 saturated heterocycles. The van der Waals surface area contributed by atoms with E-state index in [4.69, 9.17) is 4.42 Å². The van der Waals surface area contributed by atoms with E-state index in [0.717, 1.165) is 12.3 Å². The Morgan fingerprint density at radius 3 is 3.00 bits per heavy atom. The first kappa shape index (κ1) is 11.3. The molecule has 1 amide bonds. The second kappa shape index (κ2) is 4.44. The van der Waals surface area contributed by atoms with E-state index >= 15 is 0 Å². The highest BCUT2D eigenvalue weighted by atomic mass is 16.3. The molecule has 18 heavy (non-hydrogen) atoms. The van der Waals surface area contributed by atoms with Gasteiger partial charge in [-0.05, 0) is 37.7 Å². The molecular formula is C14H16N2O2. The number of amides is 1. The smallest absolute Gasteiger partial charge is 0.274 e. The van der Waals surface area contributed by atoms with Crippen molar-refractivity contribution in [1.82, 2.24) is 5.43 Å². The Morgan fingerprint density at radius 2 is 2.39 bits per heavy atom. The van der Waals surface area contributed by atoms with Crippen molar-refractivity contribution >= 4 is 12.1 Å². The summed E-state index contributed by atoms with van der Waals surface area (Å²) in [7, 11) is 0. The van der Waals surface area contributed by atoms with Crippen LogP contribution in [0.25, 0.3) is 0 Å². The summed E-state index contributed by atoms with van der Waals surface area (Å²) in [6, 6.07) is 1.65. The Morgan fingerprint density at radius 1 is 1.50 bits per heavy atom. The number of carbonyl (C=O) groups is 1. The first-order chi connectivity index (χ1) is 8.74. The van der Waals surface area contributed by atoms with Crippen molar-refractivity contribution in [3.05, 3.63) is 35.8 Å². The van der Waals surface area contributed by atoms with Crippen molar-refractivity contribution in [2.45, 2.75) is 19.8 Å². The number of hydrazone groups is 1. The largest absolute Gasteiger partial charge is 0.469 e. The fourth-order valence-corrected chi connectivity index (χ4v) is 2.87. The third-order valence-electron chi connectivity index (χ3n) is 3.87. The van der Waals surface area contributed by atoms with E-state index in [2.05, 4.69) is 22.7 Å². The number of nitrogens with one attached hydrogen (secondary N) is 1. The van der Waals surface area contributed by atoms with Gasteiger partial charge in [0.2, 0.25) is 0 Å². The van der Waals surface area contributed by atoms with E-state index in [-0.39, 0.29) is 5.91 Å². The Hall–Kier alpha value is -1.84. The number of aryl methyl sites for hydroxylation is 1. The van der Waals surface area contributed by atoms with Crippen LogP contribution in [-0.4, -0.2) is 12.1 Å². The Balaban J connectivity index is 1.57. The van der Waals surface area contributed by atoms with Crippen molar-refractivity contribution in [1.29, 1.82) is 0 Å². The van der Waals surface area contributed by atoms with Crippen LogP contribution in [0.2, 0.25) is 0 Å². The molecule has 2 aliphatic carbocycles. The van der Waals surface area contributed by atoms with Crippen molar-refractivity contribution in [3.8, 4) is 0 Å². The number of furan rings is 1. The van der Waals surface area contributed by atoms with Crippen LogP contribution in [0.1, 0.15) is 29.0 Å². The third-order valence-corrected chi connectivity index (χ3v) is 3.87. The van der Waals surface area contributed by atoms with Crippen LogP contribution in [0.5, 0.6) is 0 Å². The first-order valence-corrected chi connectivity index (χ1v) is 6.30. The van der Waals surface area contributed by atoms with Crippen molar-refractivity contribution in [3.63, 3.8) is 0 Å². The maximum absolute atomic E-state index is 11.8. The number of allylic oxidation sites excluding steroid dienone is 2. The lowest BCUT2D eigenvalue weighted by molar-refractivity contribution is 0.0953. The third kappa shape index (κ3) is 1.98. The number of rotatable bonds is 3. The standard InChI is InChI=1S/C14H16N2O2/c1-9-13(4-5-18-9)14(17)16-15-8-12-7-10-2-3-11(12)6-10/h2-5,8,10-12H,6-7H2,1H3,(H,16,17)/b15-8-/t10-,11+,12+/m0/s1. The topological polar surface area (TPSA) is 54.6 Å². The van der Waals surface area contributed by atoms with Gasteiger partial charge in [-0.15, -0.1) is 0 Å². The quantitative estimate of drug-likeness (QED) is 0.504. The molecule has 3 atom stereocenters. The molecule has 1 N–H and O–H groups in total. The SMILES string of the molecule is Cc1occc1C(=O)N/N=C\[C@H]1C[C@H]2C=C[C@@H]1C2. The summed E-state index contributed by atoms with van der Waals surface area (Å²) in [6.45, 7) is 1.76. The van der Waals surface area contributed by atoms with Crippen molar-refractivity contribution < 1.29 is 9.21 Å². The van der Waals surface area contributed by atoms with Crippen LogP contribution < -0.4 is 5.43 Å². The molecule has 3 rings (SSSR count). The number of nitrogens with zero attached hydrogens (tertiary/aromatic N) is 1. The summed E-state index contributed by atoms with van der Waals surface area (Å²) in [6.07, 6.45) is 10.3. The Labute approximate surface area is 106 Å². The average molecular weight is 244 g/mol. The molecule has 0 unspecified atom stereocenters. The van der Waals surface area contributed by atoms with Gasteiger partial charge in [0.05, 0.1) is 11.8 Å². The normalized spacial score (nSPS) is 29.3. The van der Waals surface area contributed by atoms with Crippen molar-refractivity contribution in [2.24, 2.45) is 22.9 Å². The van der Waals surface area contributed by atoms with Crippen LogP contribution in [0.4, 0.5) is 0 Å². The number of hydrogen-bond donors (Lipinski definition) is 1. The fraction of sp³-hybridized carbons (Fsp3) is 0.429. The lowest BCUT2D eigenvalue weighted by Crippen LogP contribution is -2.19. The van der Waals surface area contributed by atoms with Gasteiger partial charge < -0.3 is 4.42 Å². The maximum atomic E-state index is 11.8. The molecule has 0 spiro atoms. The predicted molar refractivity (Wildman–Crippen MR) is 68.2 cm³/mol. The first-order valence-electron chi connectivity index (χ1n) is 6.30. The number of carbonyl (C=O) groups excluding carboxylic acids is 1. The zero-order valence-corrected chi connectivity index (χ0v) is 10.3. The summed E-state index contributed by atoms with van der Waals surface area (Å²) < 4.78 is 5.08. The van der Waals surface area contributed by atoms with Crippen LogP contribution in [0, 0.1) is 24.7 Å². The van der Waals surface area contributed by atoms with Gasteiger partial charge in [0.1, 0.15) is 5.76 Å². The fourth-order valence-electron chi connectivity index (χ4n) is 2.87. The molecule has 1 saturated carbocycles. The van der Waals surface area contributed by atoms with Crippen LogP contribution in [-0.2, 0) is 0 Å². The van der Waals surface area contributed by atoms with E-state index in [1.165, 1.54) is 12.7 Å². The summed E-state index contributed by atoms with van der Waals surface area (Å²) in [5.41, 5.74) is 3.10. The van der Waals surface area contributed by atoms with E-state index in [0.29, 0.717) is 23.2 Å². The van der Waals surface area contributed by atoms with Gasteiger partial charge in [0.15, 0.2) is 0 Å². The summed E-state index contributed by atoms with van der Waals surface area (Å²) in [5.74, 6) is 2.22. The molecular weight excluding hydrogens is 228 g/mol. The lowest BCUT2D eigenvalue weighted by atomic mass is 9.95. The minimum atomic E-state index is -0.212. The predicted octanol–water partition coefficient (Wildman–Crippen LogP) is 2.52.